The Morgan fingerprint density at radius 3 is 2.47 bits per heavy atom. The third-order valence-electron chi connectivity index (χ3n) is 4.50. The zero-order valence-corrected chi connectivity index (χ0v) is 17.0. The van der Waals surface area contributed by atoms with E-state index in [9.17, 15) is 18.0 Å². The Bertz CT molecular complexity index is 883. The summed E-state index contributed by atoms with van der Waals surface area (Å²) in [6.45, 7) is 1.73. The number of hydrogen-bond acceptors (Lipinski definition) is 6. The minimum Gasteiger partial charge on any atom is -0.484 e. The average molecular weight is 423 g/mol. The van der Waals surface area contributed by atoms with Gasteiger partial charge in [-0.25, -0.2) is 4.98 Å². The summed E-state index contributed by atoms with van der Waals surface area (Å²) in [7, 11) is 3.22. The molecule has 162 valence electrons. The first-order valence-corrected chi connectivity index (χ1v) is 9.54. The van der Waals surface area contributed by atoms with Gasteiger partial charge in [-0.1, -0.05) is 12.1 Å². The monoisotopic (exact) mass is 423 g/mol. The number of carbonyl (C=O) groups excluding carboxylic acids is 1. The largest absolute Gasteiger partial charge is 0.484 e. The van der Waals surface area contributed by atoms with Gasteiger partial charge in [-0.15, -0.1) is 0 Å². The van der Waals surface area contributed by atoms with Gasteiger partial charge in [0.25, 0.3) is 5.91 Å². The maximum atomic E-state index is 13.1. The van der Waals surface area contributed by atoms with E-state index >= 15 is 0 Å². The van der Waals surface area contributed by atoms with Gasteiger partial charge in [-0.3, -0.25) is 4.79 Å². The number of aromatic nitrogens is 2. The molecule has 0 saturated heterocycles. The first-order valence-electron chi connectivity index (χ1n) is 9.54. The lowest BCUT2D eigenvalue weighted by molar-refractivity contribution is -0.141. The van der Waals surface area contributed by atoms with E-state index in [4.69, 9.17) is 4.74 Å². The van der Waals surface area contributed by atoms with Crippen molar-refractivity contribution in [2.75, 3.05) is 30.9 Å². The fourth-order valence-electron chi connectivity index (χ4n) is 2.65. The van der Waals surface area contributed by atoms with Crippen molar-refractivity contribution in [2.45, 2.75) is 38.0 Å². The number of alkyl halides is 3. The third kappa shape index (κ3) is 5.98. The number of ether oxygens (including phenoxy) is 1. The van der Waals surface area contributed by atoms with Gasteiger partial charge in [0.05, 0.1) is 6.04 Å². The van der Waals surface area contributed by atoms with Crippen LogP contribution in [0.3, 0.4) is 0 Å². The SMILES string of the molecule is C[C@@H](Nc1nc(N(C)C)cc(C(F)(F)F)n1)c1ccc(OCC(=O)NC2CC2)cc1. The molecule has 7 nitrogen and oxygen atoms in total. The Morgan fingerprint density at radius 2 is 1.90 bits per heavy atom. The summed E-state index contributed by atoms with van der Waals surface area (Å²) in [6.07, 6.45) is -2.55. The maximum absolute atomic E-state index is 13.1. The van der Waals surface area contributed by atoms with Crippen LogP contribution in [0, 0.1) is 0 Å². The highest BCUT2D eigenvalue weighted by atomic mass is 19.4. The first-order chi connectivity index (χ1) is 14.1. The molecule has 1 amide bonds. The lowest BCUT2D eigenvalue weighted by atomic mass is 10.1. The smallest absolute Gasteiger partial charge is 0.433 e. The molecule has 1 aliphatic rings. The van der Waals surface area contributed by atoms with Crippen molar-refractivity contribution in [3.63, 3.8) is 0 Å². The summed E-state index contributed by atoms with van der Waals surface area (Å²) in [5.41, 5.74) is -0.207. The van der Waals surface area contributed by atoms with Crippen LogP contribution in [0.15, 0.2) is 30.3 Å². The summed E-state index contributed by atoms with van der Waals surface area (Å²) in [5.74, 6) is 0.412. The Hall–Kier alpha value is -3.04. The molecule has 3 rings (SSSR count). The number of nitrogens with one attached hydrogen (secondary N) is 2. The van der Waals surface area contributed by atoms with Gasteiger partial charge in [-0.05, 0) is 37.5 Å². The van der Waals surface area contributed by atoms with Gasteiger partial charge >= 0.3 is 6.18 Å². The lowest BCUT2D eigenvalue weighted by Crippen LogP contribution is -2.30. The highest BCUT2D eigenvalue weighted by Gasteiger charge is 2.34. The van der Waals surface area contributed by atoms with Crippen molar-refractivity contribution >= 4 is 17.7 Å². The topological polar surface area (TPSA) is 79.4 Å². The number of nitrogens with zero attached hydrogens (tertiary/aromatic N) is 3. The van der Waals surface area contributed by atoms with Crippen molar-refractivity contribution in [2.24, 2.45) is 0 Å². The maximum Gasteiger partial charge on any atom is 0.433 e. The van der Waals surface area contributed by atoms with Gasteiger partial charge in [0, 0.05) is 26.2 Å². The molecule has 1 aromatic carbocycles. The Morgan fingerprint density at radius 1 is 1.23 bits per heavy atom. The lowest BCUT2D eigenvalue weighted by Gasteiger charge is -2.19. The highest BCUT2D eigenvalue weighted by molar-refractivity contribution is 5.78. The molecule has 2 aromatic rings. The van der Waals surface area contributed by atoms with E-state index < -0.39 is 11.9 Å². The molecule has 2 N–H and O–H groups in total. The summed E-state index contributed by atoms with van der Waals surface area (Å²) < 4.78 is 44.9. The van der Waals surface area contributed by atoms with E-state index in [-0.39, 0.29) is 36.4 Å². The second-order valence-electron chi connectivity index (χ2n) is 7.39. The zero-order valence-electron chi connectivity index (χ0n) is 17.0. The Kier molecular flexibility index (Phi) is 6.33. The minimum atomic E-state index is -4.57. The average Bonchev–Trinajstić information content (AvgIpc) is 3.49. The summed E-state index contributed by atoms with van der Waals surface area (Å²) in [4.78, 5) is 20.9. The standard InChI is InChI=1S/C20H24F3N5O2/c1-12(24-19-26-16(20(21,22)23)10-17(27-19)28(2)3)13-4-8-15(9-5-13)30-11-18(29)25-14-6-7-14/h4-5,8-10,12,14H,6-7,11H2,1-3H3,(H,25,29)(H,24,26,27)/t12-/m1/s1. The highest BCUT2D eigenvalue weighted by Crippen LogP contribution is 2.31. The number of anilines is 2. The Balaban J connectivity index is 1.64. The molecule has 1 aromatic heterocycles. The summed E-state index contributed by atoms with van der Waals surface area (Å²) >= 11 is 0. The van der Waals surface area contributed by atoms with Crippen LogP contribution in [-0.2, 0) is 11.0 Å². The van der Waals surface area contributed by atoms with Crippen LogP contribution in [0.25, 0.3) is 0 Å². The van der Waals surface area contributed by atoms with Gasteiger partial charge in [-0.2, -0.15) is 18.2 Å². The van der Waals surface area contributed by atoms with Crippen LogP contribution in [0.2, 0.25) is 0 Å². The summed E-state index contributed by atoms with van der Waals surface area (Å²) in [6, 6.07) is 7.78. The van der Waals surface area contributed by atoms with Gasteiger partial charge < -0.3 is 20.3 Å². The van der Waals surface area contributed by atoms with Crippen molar-refractivity contribution in [3.05, 3.63) is 41.6 Å². The quantitative estimate of drug-likeness (QED) is 0.678. The van der Waals surface area contributed by atoms with E-state index in [0.717, 1.165) is 24.5 Å². The van der Waals surface area contributed by atoms with E-state index in [1.165, 1.54) is 4.90 Å². The molecular formula is C20H24F3N5O2. The molecule has 0 spiro atoms. The van der Waals surface area contributed by atoms with E-state index in [2.05, 4.69) is 20.6 Å². The molecule has 30 heavy (non-hydrogen) atoms. The van der Waals surface area contributed by atoms with Crippen molar-refractivity contribution in [1.82, 2.24) is 15.3 Å². The predicted octanol–water partition coefficient (Wildman–Crippen LogP) is 3.39. The predicted molar refractivity (Wildman–Crippen MR) is 107 cm³/mol. The molecular weight excluding hydrogens is 399 g/mol. The number of carbonyl (C=O) groups is 1. The normalized spacial score (nSPS) is 14.7. The molecule has 1 aliphatic carbocycles. The van der Waals surface area contributed by atoms with Crippen LogP contribution in [0.5, 0.6) is 5.75 Å². The number of rotatable bonds is 8. The van der Waals surface area contributed by atoms with Crippen LogP contribution < -0.4 is 20.3 Å². The van der Waals surface area contributed by atoms with Crippen molar-refractivity contribution in [3.8, 4) is 5.75 Å². The molecule has 0 aliphatic heterocycles. The molecule has 10 heteroatoms. The van der Waals surface area contributed by atoms with Crippen molar-refractivity contribution < 1.29 is 22.7 Å². The van der Waals surface area contributed by atoms with Crippen LogP contribution in [0.4, 0.5) is 24.9 Å². The minimum absolute atomic E-state index is 0.0605. The second kappa shape index (κ2) is 8.76. The fourth-order valence-corrected chi connectivity index (χ4v) is 2.65. The van der Waals surface area contributed by atoms with Crippen molar-refractivity contribution in [1.29, 1.82) is 0 Å². The van der Waals surface area contributed by atoms with Gasteiger partial charge in [0.15, 0.2) is 12.3 Å². The Labute approximate surface area is 172 Å². The van der Waals surface area contributed by atoms with Gasteiger partial charge in [0.1, 0.15) is 11.6 Å². The van der Waals surface area contributed by atoms with Gasteiger partial charge in [0.2, 0.25) is 5.95 Å². The molecule has 0 bridgehead atoms. The molecule has 0 unspecified atom stereocenters. The third-order valence-corrected chi connectivity index (χ3v) is 4.50. The zero-order chi connectivity index (χ0) is 21.9. The molecule has 0 radical (unpaired) electrons. The van der Waals surface area contributed by atoms with Crippen LogP contribution in [-0.4, -0.2) is 42.6 Å². The first kappa shape index (κ1) is 21.7. The number of amides is 1. The molecule has 1 saturated carbocycles. The number of hydrogen-bond donors (Lipinski definition) is 2. The number of benzene rings is 1. The van der Waals surface area contributed by atoms with Crippen LogP contribution >= 0.6 is 0 Å². The number of halogens is 3. The molecule has 1 atom stereocenters. The van der Waals surface area contributed by atoms with E-state index in [0.29, 0.717) is 5.75 Å². The van der Waals surface area contributed by atoms with E-state index in [1.807, 2.05) is 0 Å². The summed E-state index contributed by atoms with van der Waals surface area (Å²) in [5, 5.41) is 5.75. The molecule has 1 fully saturated rings. The second-order valence-corrected chi connectivity index (χ2v) is 7.39. The molecule has 1 heterocycles. The van der Waals surface area contributed by atoms with E-state index in [1.54, 1.807) is 45.3 Å². The fraction of sp³-hybridized carbons (Fsp3) is 0.450. The van der Waals surface area contributed by atoms with Crippen LogP contribution in [0.1, 0.15) is 37.1 Å².